The second-order valence-electron chi connectivity index (χ2n) is 4.35. The third kappa shape index (κ3) is 3.79. The highest BCUT2D eigenvalue weighted by atomic mass is 19.3. The maximum absolute atomic E-state index is 12.3. The van der Waals surface area contributed by atoms with Gasteiger partial charge in [0.05, 0.1) is 26.0 Å². The fourth-order valence-corrected chi connectivity index (χ4v) is 1.84. The molecule has 0 spiro atoms. The number of rotatable bonds is 6. The molecule has 0 aliphatic rings. The van der Waals surface area contributed by atoms with Gasteiger partial charge in [-0.05, 0) is 17.7 Å². The van der Waals surface area contributed by atoms with Crippen LogP contribution in [0.15, 0.2) is 35.1 Å². The molecule has 0 bridgehead atoms. The molecule has 118 valence electrons. The maximum Gasteiger partial charge on any atom is 0.387 e. The molecule has 22 heavy (non-hydrogen) atoms. The number of halogens is 2. The fraction of sp³-hybridized carbons (Fsp3) is 0.286. The Kier molecular flexibility index (Phi) is 5.05. The monoisotopic (exact) mass is 312 g/mol. The fourth-order valence-electron chi connectivity index (χ4n) is 1.84. The lowest BCUT2D eigenvalue weighted by Crippen LogP contribution is -2.27. The molecule has 0 saturated heterocycles. The van der Waals surface area contributed by atoms with Crippen molar-refractivity contribution in [1.82, 2.24) is 9.78 Å². The number of alkyl halides is 2. The summed E-state index contributed by atoms with van der Waals surface area (Å²) in [6, 6.07) is 7.83. The van der Waals surface area contributed by atoms with E-state index < -0.39 is 24.5 Å². The number of hydrogen-bond acceptors (Lipinski definition) is 5. The molecule has 0 saturated carbocycles. The predicted molar refractivity (Wildman–Crippen MR) is 73.1 cm³/mol. The molecule has 8 heteroatoms. The van der Waals surface area contributed by atoms with E-state index >= 15 is 0 Å². The zero-order valence-electron chi connectivity index (χ0n) is 11.7. The van der Waals surface area contributed by atoms with Crippen LogP contribution in [0.5, 0.6) is 11.5 Å². The summed E-state index contributed by atoms with van der Waals surface area (Å²) < 4.78 is 34.8. The van der Waals surface area contributed by atoms with E-state index in [1.54, 1.807) is 24.3 Å². The van der Waals surface area contributed by atoms with Crippen molar-refractivity contribution in [3.8, 4) is 11.5 Å². The van der Waals surface area contributed by atoms with Gasteiger partial charge in [0.25, 0.3) is 0 Å². The summed E-state index contributed by atoms with van der Waals surface area (Å²) in [6.07, 6.45) is 0. The van der Waals surface area contributed by atoms with Crippen molar-refractivity contribution in [2.24, 2.45) is 0 Å². The van der Waals surface area contributed by atoms with Crippen molar-refractivity contribution in [3.05, 3.63) is 51.9 Å². The van der Waals surface area contributed by atoms with Crippen molar-refractivity contribution in [1.29, 1.82) is 0 Å². The van der Waals surface area contributed by atoms with Crippen molar-refractivity contribution in [2.75, 3.05) is 7.11 Å². The van der Waals surface area contributed by atoms with Crippen LogP contribution in [0.2, 0.25) is 0 Å². The smallest absolute Gasteiger partial charge is 0.387 e. The largest absolute Gasteiger partial charge is 0.497 e. The molecule has 0 atom stereocenters. The van der Waals surface area contributed by atoms with Crippen LogP contribution in [0.3, 0.4) is 0 Å². The summed E-state index contributed by atoms with van der Waals surface area (Å²) in [6.45, 7) is -3.57. The molecular formula is C14H14F2N2O4. The lowest BCUT2D eigenvalue weighted by atomic mass is 10.2. The first-order valence-electron chi connectivity index (χ1n) is 6.33. The Hall–Kier alpha value is -2.48. The van der Waals surface area contributed by atoms with Crippen molar-refractivity contribution in [2.45, 2.75) is 19.8 Å². The lowest BCUT2D eigenvalue weighted by Gasteiger charge is -2.10. The van der Waals surface area contributed by atoms with Gasteiger partial charge in [0.2, 0.25) is 0 Å². The van der Waals surface area contributed by atoms with E-state index in [0.717, 1.165) is 10.7 Å². The SMILES string of the molecule is COc1ccc(Cn2nc(CO)cc(OC(F)F)c2=O)cc1. The number of methoxy groups -OCH3 is 1. The predicted octanol–water partition coefficient (Wildman–Crippen LogP) is 1.39. The van der Waals surface area contributed by atoms with E-state index in [1.807, 2.05) is 0 Å². The molecule has 2 aromatic rings. The number of aromatic nitrogens is 2. The minimum atomic E-state index is -3.13. The standard InChI is InChI=1S/C14H14F2N2O4/c1-21-11-4-2-9(3-5-11)7-18-13(20)12(22-14(15)16)6-10(8-19)17-18/h2-6,14,19H,7-8H2,1H3. The number of nitrogens with zero attached hydrogens (tertiary/aromatic N) is 2. The van der Waals surface area contributed by atoms with Gasteiger partial charge in [0.1, 0.15) is 5.75 Å². The Bertz CT molecular complexity index is 686. The topological polar surface area (TPSA) is 73.6 Å². The number of hydrogen-bond donors (Lipinski definition) is 1. The normalized spacial score (nSPS) is 10.8. The van der Waals surface area contributed by atoms with Gasteiger partial charge in [0, 0.05) is 6.07 Å². The summed E-state index contributed by atoms with van der Waals surface area (Å²) in [5, 5.41) is 13.0. The first-order chi connectivity index (χ1) is 10.5. The van der Waals surface area contributed by atoms with Crippen LogP contribution in [0.4, 0.5) is 8.78 Å². The number of aliphatic hydroxyl groups is 1. The minimum Gasteiger partial charge on any atom is -0.497 e. The Morgan fingerprint density at radius 2 is 2.00 bits per heavy atom. The number of ether oxygens (including phenoxy) is 2. The second kappa shape index (κ2) is 6.99. The third-order valence-electron chi connectivity index (χ3n) is 2.86. The number of benzene rings is 1. The molecular weight excluding hydrogens is 298 g/mol. The molecule has 6 nitrogen and oxygen atoms in total. The zero-order chi connectivity index (χ0) is 16.1. The zero-order valence-corrected chi connectivity index (χ0v) is 11.7. The Labute approximate surface area is 124 Å². The van der Waals surface area contributed by atoms with E-state index in [9.17, 15) is 13.6 Å². The van der Waals surface area contributed by atoms with Crippen LogP contribution in [-0.4, -0.2) is 28.6 Å². The van der Waals surface area contributed by atoms with Gasteiger partial charge in [-0.25, -0.2) is 4.68 Å². The Morgan fingerprint density at radius 1 is 1.32 bits per heavy atom. The van der Waals surface area contributed by atoms with E-state index in [1.165, 1.54) is 7.11 Å². The molecule has 0 unspecified atom stereocenters. The van der Waals surface area contributed by atoms with Crippen molar-refractivity contribution >= 4 is 0 Å². The number of aliphatic hydroxyl groups excluding tert-OH is 1. The van der Waals surface area contributed by atoms with E-state index in [0.29, 0.717) is 11.3 Å². The quantitative estimate of drug-likeness (QED) is 0.872. The van der Waals surface area contributed by atoms with E-state index in [4.69, 9.17) is 9.84 Å². The van der Waals surface area contributed by atoms with Crippen LogP contribution in [0.25, 0.3) is 0 Å². The lowest BCUT2D eigenvalue weighted by molar-refractivity contribution is -0.0513. The van der Waals surface area contributed by atoms with E-state index in [-0.39, 0.29) is 12.2 Å². The second-order valence-corrected chi connectivity index (χ2v) is 4.35. The third-order valence-corrected chi connectivity index (χ3v) is 2.86. The molecule has 2 rings (SSSR count). The van der Waals surface area contributed by atoms with Gasteiger partial charge in [-0.2, -0.15) is 13.9 Å². The Balaban J connectivity index is 2.34. The molecule has 1 N–H and O–H groups in total. The maximum atomic E-state index is 12.3. The van der Waals surface area contributed by atoms with Crippen LogP contribution in [0.1, 0.15) is 11.3 Å². The average molecular weight is 312 g/mol. The summed E-state index contributed by atoms with van der Waals surface area (Å²) in [5.41, 5.74) is -0.0226. The van der Waals surface area contributed by atoms with Gasteiger partial charge in [-0.15, -0.1) is 0 Å². The molecule has 1 heterocycles. The first kappa shape index (κ1) is 15.9. The highest BCUT2D eigenvalue weighted by molar-refractivity contribution is 5.27. The molecule has 0 radical (unpaired) electrons. The van der Waals surface area contributed by atoms with Crippen LogP contribution in [0, 0.1) is 0 Å². The van der Waals surface area contributed by atoms with Gasteiger partial charge in [-0.1, -0.05) is 12.1 Å². The van der Waals surface area contributed by atoms with Gasteiger partial charge in [0.15, 0.2) is 5.75 Å². The van der Waals surface area contributed by atoms with Gasteiger partial charge >= 0.3 is 12.2 Å². The average Bonchev–Trinajstić information content (AvgIpc) is 2.51. The van der Waals surface area contributed by atoms with Gasteiger partial charge in [-0.3, -0.25) is 4.79 Å². The summed E-state index contributed by atoms with van der Waals surface area (Å²) in [4.78, 5) is 12.0. The summed E-state index contributed by atoms with van der Waals surface area (Å²) in [5.74, 6) is 0.0949. The first-order valence-corrected chi connectivity index (χ1v) is 6.33. The Morgan fingerprint density at radius 3 is 2.55 bits per heavy atom. The van der Waals surface area contributed by atoms with Crippen molar-refractivity contribution < 1.29 is 23.4 Å². The summed E-state index contributed by atoms with van der Waals surface area (Å²) in [7, 11) is 1.53. The molecule has 0 fully saturated rings. The molecule has 1 aromatic heterocycles. The van der Waals surface area contributed by atoms with E-state index in [2.05, 4.69) is 9.84 Å². The van der Waals surface area contributed by atoms with Crippen LogP contribution >= 0.6 is 0 Å². The highest BCUT2D eigenvalue weighted by Crippen LogP contribution is 2.13. The molecule has 0 amide bonds. The van der Waals surface area contributed by atoms with Crippen molar-refractivity contribution in [3.63, 3.8) is 0 Å². The molecule has 0 aliphatic heterocycles. The van der Waals surface area contributed by atoms with Gasteiger partial charge < -0.3 is 14.6 Å². The summed E-state index contributed by atoms with van der Waals surface area (Å²) >= 11 is 0. The van der Waals surface area contributed by atoms with Crippen LogP contribution in [-0.2, 0) is 13.2 Å². The minimum absolute atomic E-state index is 0.0519. The molecule has 1 aromatic carbocycles. The molecule has 0 aliphatic carbocycles. The van der Waals surface area contributed by atoms with Crippen LogP contribution < -0.4 is 15.0 Å². The highest BCUT2D eigenvalue weighted by Gasteiger charge is 2.14.